The number of sulfonamides is 1. The molecule has 1 aliphatic rings. The van der Waals surface area contributed by atoms with Crippen LogP contribution < -0.4 is 14.4 Å². The first kappa shape index (κ1) is 21.8. The maximum atomic E-state index is 12.7. The van der Waals surface area contributed by atoms with Crippen LogP contribution in [0.4, 0.5) is 11.4 Å². The summed E-state index contributed by atoms with van der Waals surface area (Å²) in [6, 6.07) is 11.3. The summed E-state index contributed by atoms with van der Waals surface area (Å²) in [6.45, 7) is 4.66. The second kappa shape index (κ2) is 8.88. The molecule has 0 aliphatic carbocycles. The fourth-order valence-corrected chi connectivity index (χ4v) is 4.88. The number of nitro groups is 1. The summed E-state index contributed by atoms with van der Waals surface area (Å²) in [5.41, 5.74) is 0.0313. The lowest BCUT2D eigenvalue weighted by molar-refractivity contribution is -0.384. The van der Waals surface area contributed by atoms with Crippen molar-refractivity contribution in [1.82, 2.24) is 4.31 Å². The van der Waals surface area contributed by atoms with E-state index in [1.807, 2.05) is 18.2 Å². The number of hydrogen-bond donors (Lipinski definition) is 0. The molecule has 30 heavy (non-hydrogen) atoms. The molecule has 0 saturated heterocycles. The van der Waals surface area contributed by atoms with E-state index in [0.717, 1.165) is 6.07 Å². The number of rotatable bonds is 8. The summed E-state index contributed by atoms with van der Waals surface area (Å²) in [7, 11) is -2.10. The third-order valence-electron chi connectivity index (χ3n) is 4.94. The summed E-state index contributed by atoms with van der Waals surface area (Å²) in [5.74, 6) is 1.28. The third-order valence-corrected chi connectivity index (χ3v) is 6.99. The first-order valence-electron chi connectivity index (χ1n) is 9.66. The molecule has 0 radical (unpaired) electrons. The lowest BCUT2D eigenvalue weighted by Gasteiger charge is -2.30. The van der Waals surface area contributed by atoms with Crippen molar-refractivity contribution < 1.29 is 22.8 Å². The van der Waals surface area contributed by atoms with Crippen LogP contribution in [-0.2, 0) is 10.0 Å². The van der Waals surface area contributed by atoms with Gasteiger partial charge in [0.1, 0.15) is 12.3 Å². The molecule has 0 spiro atoms. The van der Waals surface area contributed by atoms with Crippen LogP contribution in [0.5, 0.6) is 11.5 Å². The van der Waals surface area contributed by atoms with Gasteiger partial charge >= 0.3 is 0 Å². The number of nitrogens with zero attached hydrogens (tertiary/aromatic N) is 3. The second-order valence-corrected chi connectivity index (χ2v) is 8.81. The van der Waals surface area contributed by atoms with Crippen molar-refractivity contribution in [3.05, 3.63) is 52.6 Å². The first-order valence-corrected chi connectivity index (χ1v) is 11.1. The third kappa shape index (κ3) is 4.34. The van der Waals surface area contributed by atoms with Gasteiger partial charge in [0.2, 0.25) is 10.0 Å². The molecule has 9 nitrogen and oxygen atoms in total. The standard InChI is InChI=1S/C20H25N3O6S/c1-4-22(5-2)30(26,27)16-10-11-17(18(12-16)23(24)25)21(3)13-15-14-28-19-8-6-7-9-20(19)29-15/h6-12,15H,4-5,13-14H2,1-3H3. The predicted octanol–water partition coefficient (Wildman–Crippen LogP) is 2.90. The van der Waals surface area contributed by atoms with E-state index in [1.54, 1.807) is 31.9 Å². The molecule has 10 heteroatoms. The van der Waals surface area contributed by atoms with Gasteiger partial charge in [0.05, 0.1) is 16.4 Å². The van der Waals surface area contributed by atoms with Crippen LogP contribution in [-0.4, -0.2) is 57.0 Å². The van der Waals surface area contributed by atoms with Gasteiger partial charge in [-0.05, 0) is 24.3 Å². The molecular formula is C20H25N3O6S. The molecule has 162 valence electrons. The van der Waals surface area contributed by atoms with Gasteiger partial charge in [0.15, 0.2) is 17.6 Å². The number of ether oxygens (including phenoxy) is 2. The Kier molecular flexibility index (Phi) is 6.47. The topological polar surface area (TPSA) is 102 Å². The van der Waals surface area contributed by atoms with Crippen LogP contribution >= 0.6 is 0 Å². The summed E-state index contributed by atoms with van der Waals surface area (Å²) < 4.78 is 38.4. The molecule has 1 unspecified atom stereocenters. The Hall–Kier alpha value is -2.85. The van der Waals surface area contributed by atoms with Crippen molar-refractivity contribution in [1.29, 1.82) is 0 Å². The molecule has 0 N–H and O–H groups in total. The van der Waals surface area contributed by atoms with Crippen molar-refractivity contribution in [2.24, 2.45) is 0 Å². The number of fused-ring (bicyclic) bond motifs is 1. The lowest BCUT2D eigenvalue weighted by atomic mass is 10.2. The Morgan fingerprint density at radius 3 is 2.43 bits per heavy atom. The highest BCUT2D eigenvalue weighted by molar-refractivity contribution is 7.89. The monoisotopic (exact) mass is 435 g/mol. The van der Waals surface area contributed by atoms with Gasteiger partial charge in [-0.1, -0.05) is 26.0 Å². The molecule has 1 aliphatic heterocycles. The summed E-state index contributed by atoms with van der Waals surface area (Å²) in [5, 5.41) is 11.7. The van der Waals surface area contributed by atoms with Gasteiger partial charge in [-0.25, -0.2) is 8.42 Å². The van der Waals surface area contributed by atoms with E-state index in [4.69, 9.17) is 9.47 Å². The summed E-state index contributed by atoms with van der Waals surface area (Å²) in [6.07, 6.45) is -0.330. The van der Waals surface area contributed by atoms with E-state index in [1.165, 1.54) is 16.4 Å². The fraction of sp³-hybridized carbons (Fsp3) is 0.400. The van der Waals surface area contributed by atoms with Crippen molar-refractivity contribution in [2.75, 3.05) is 38.2 Å². The van der Waals surface area contributed by atoms with E-state index >= 15 is 0 Å². The highest BCUT2D eigenvalue weighted by Gasteiger charge is 2.28. The maximum Gasteiger partial charge on any atom is 0.293 e. The molecule has 0 amide bonds. The molecule has 2 aromatic carbocycles. The van der Waals surface area contributed by atoms with E-state index in [9.17, 15) is 18.5 Å². The zero-order valence-corrected chi connectivity index (χ0v) is 18.0. The van der Waals surface area contributed by atoms with Crippen LogP contribution in [0.25, 0.3) is 0 Å². The first-order chi connectivity index (χ1) is 14.3. The van der Waals surface area contributed by atoms with Crippen LogP contribution in [0.15, 0.2) is 47.4 Å². The minimum absolute atomic E-state index is 0.0961. The largest absolute Gasteiger partial charge is 0.486 e. The number of benzene rings is 2. The summed E-state index contributed by atoms with van der Waals surface area (Å²) in [4.78, 5) is 12.7. The van der Waals surface area contributed by atoms with Crippen LogP contribution in [0.1, 0.15) is 13.8 Å². The van der Waals surface area contributed by atoms with Crippen molar-refractivity contribution >= 4 is 21.4 Å². The SMILES string of the molecule is CCN(CC)S(=O)(=O)c1ccc(N(C)CC2COc3ccccc3O2)c([N+](=O)[O-])c1. The molecule has 0 bridgehead atoms. The number of hydrogen-bond acceptors (Lipinski definition) is 7. The number of nitro benzene ring substituents is 1. The highest BCUT2D eigenvalue weighted by atomic mass is 32.2. The van der Waals surface area contributed by atoms with Crippen molar-refractivity contribution in [3.8, 4) is 11.5 Å². The number of para-hydroxylation sites is 2. The quantitative estimate of drug-likeness (QED) is 0.464. The molecule has 2 aromatic rings. The van der Waals surface area contributed by atoms with Crippen LogP contribution in [0.3, 0.4) is 0 Å². The van der Waals surface area contributed by atoms with Crippen LogP contribution in [0.2, 0.25) is 0 Å². The minimum Gasteiger partial charge on any atom is -0.486 e. The van der Waals surface area contributed by atoms with Gasteiger partial charge in [-0.15, -0.1) is 0 Å². The second-order valence-electron chi connectivity index (χ2n) is 6.88. The Morgan fingerprint density at radius 2 is 1.80 bits per heavy atom. The molecule has 0 fully saturated rings. The predicted molar refractivity (Wildman–Crippen MR) is 113 cm³/mol. The number of anilines is 1. The summed E-state index contributed by atoms with van der Waals surface area (Å²) >= 11 is 0. The molecule has 0 saturated carbocycles. The Bertz CT molecular complexity index is 1020. The van der Waals surface area contributed by atoms with Crippen molar-refractivity contribution in [2.45, 2.75) is 24.8 Å². The lowest BCUT2D eigenvalue weighted by Crippen LogP contribution is -2.39. The van der Waals surface area contributed by atoms with Crippen molar-refractivity contribution in [3.63, 3.8) is 0 Å². The average Bonchev–Trinajstić information content (AvgIpc) is 2.73. The van der Waals surface area contributed by atoms with Gasteiger partial charge in [-0.2, -0.15) is 4.31 Å². The van der Waals surface area contributed by atoms with Gasteiger partial charge in [-0.3, -0.25) is 10.1 Å². The Morgan fingerprint density at radius 1 is 1.13 bits per heavy atom. The molecule has 3 rings (SSSR count). The van der Waals surface area contributed by atoms with E-state index in [0.29, 0.717) is 30.3 Å². The average molecular weight is 436 g/mol. The van der Waals surface area contributed by atoms with E-state index in [2.05, 4.69) is 0 Å². The van der Waals surface area contributed by atoms with Gasteiger partial charge in [0, 0.05) is 26.2 Å². The Balaban J connectivity index is 1.84. The van der Waals surface area contributed by atoms with Gasteiger partial charge in [0.25, 0.3) is 5.69 Å². The molecule has 0 aromatic heterocycles. The zero-order valence-electron chi connectivity index (χ0n) is 17.1. The minimum atomic E-state index is -3.79. The molecular weight excluding hydrogens is 410 g/mol. The van der Waals surface area contributed by atoms with E-state index < -0.39 is 14.9 Å². The maximum absolute atomic E-state index is 12.7. The fourth-order valence-electron chi connectivity index (χ4n) is 3.40. The highest BCUT2D eigenvalue weighted by Crippen LogP contribution is 2.34. The molecule has 1 heterocycles. The number of likely N-dealkylation sites (N-methyl/N-ethyl adjacent to an activating group) is 1. The van der Waals surface area contributed by atoms with Crippen LogP contribution in [0, 0.1) is 10.1 Å². The normalized spacial score (nSPS) is 15.8. The van der Waals surface area contributed by atoms with E-state index in [-0.39, 0.29) is 29.8 Å². The zero-order chi connectivity index (χ0) is 21.9. The smallest absolute Gasteiger partial charge is 0.293 e. The molecule has 1 atom stereocenters. The van der Waals surface area contributed by atoms with Gasteiger partial charge < -0.3 is 14.4 Å². The Labute approximate surface area is 176 Å².